The molecule has 0 spiro atoms. The van der Waals surface area contributed by atoms with Crippen LogP contribution in [0.15, 0.2) is 30.3 Å². The molecule has 0 saturated carbocycles. The minimum atomic E-state index is -0.207. The van der Waals surface area contributed by atoms with E-state index in [0.29, 0.717) is 0 Å². The molecule has 0 heterocycles. The van der Waals surface area contributed by atoms with E-state index >= 15 is 0 Å². The van der Waals surface area contributed by atoms with Crippen LogP contribution in [0.2, 0.25) is 0 Å². The Morgan fingerprint density at radius 2 is 1.94 bits per heavy atom. The van der Waals surface area contributed by atoms with Crippen molar-refractivity contribution in [3.8, 4) is 0 Å². The summed E-state index contributed by atoms with van der Waals surface area (Å²) in [5, 5.41) is 10.6. The molecule has 88 valence electrons. The number of unbranched alkanes of at least 4 members (excludes halogenated alkanes) is 1. The van der Waals surface area contributed by atoms with Gasteiger partial charge in [-0.15, -0.1) is 0 Å². The van der Waals surface area contributed by atoms with Crippen molar-refractivity contribution < 1.29 is 4.92 Å². The first-order chi connectivity index (χ1) is 7.74. The number of hydrogen-bond donors (Lipinski definition) is 0. The van der Waals surface area contributed by atoms with Crippen molar-refractivity contribution in [3.05, 3.63) is 46.0 Å². The Kier molecular flexibility index (Phi) is 6.37. The Morgan fingerprint density at radius 3 is 2.50 bits per heavy atom. The van der Waals surface area contributed by atoms with Gasteiger partial charge in [-0.3, -0.25) is 10.1 Å². The topological polar surface area (TPSA) is 43.1 Å². The molecule has 1 aromatic rings. The molecule has 3 nitrogen and oxygen atoms in total. The van der Waals surface area contributed by atoms with E-state index in [-0.39, 0.29) is 17.4 Å². The van der Waals surface area contributed by atoms with Crippen molar-refractivity contribution >= 4 is 22.6 Å². The first kappa shape index (κ1) is 13.4. The Hall–Kier alpha value is -0.650. The van der Waals surface area contributed by atoms with E-state index in [1.807, 2.05) is 30.3 Å². The van der Waals surface area contributed by atoms with Gasteiger partial charge in [0.2, 0.25) is 6.54 Å². The summed E-state index contributed by atoms with van der Waals surface area (Å²) in [7, 11) is 0. The molecule has 1 rings (SSSR count). The van der Waals surface area contributed by atoms with Gasteiger partial charge in [0.25, 0.3) is 0 Å². The van der Waals surface area contributed by atoms with Crippen molar-refractivity contribution in [1.82, 2.24) is 0 Å². The number of hydrogen-bond acceptors (Lipinski definition) is 2. The van der Waals surface area contributed by atoms with Gasteiger partial charge in [0.05, 0.1) is 0 Å². The molecule has 0 saturated heterocycles. The van der Waals surface area contributed by atoms with E-state index in [1.54, 1.807) is 0 Å². The van der Waals surface area contributed by atoms with Crippen LogP contribution in [0, 0.1) is 10.1 Å². The lowest BCUT2D eigenvalue weighted by molar-refractivity contribution is -0.483. The second kappa shape index (κ2) is 7.60. The summed E-state index contributed by atoms with van der Waals surface area (Å²) in [6.45, 7) is 0.0469. The van der Waals surface area contributed by atoms with Gasteiger partial charge in [-0.05, 0) is 22.8 Å². The summed E-state index contributed by atoms with van der Waals surface area (Å²) in [4.78, 5) is 10.4. The molecule has 0 fully saturated rings. The van der Waals surface area contributed by atoms with Gasteiger partial charge in [-0.25, -0.2) is 0 Å². The van der Waals surface area contributed by atoms with Crippen LogP contribution in [-0.4, -0.2) is 15.9 Å². The summed E-state index contributed by atoms with van der Waals surface area (Å²) in [5.74, 6) is 0.0687. The zero-order valence-electron chi connectivity index (χ0n) is 9.14. The fourth-order valence-electron chi connectivity index (χ4n) is 1.75. The summed E-state index contributed by atoms with van der Waals surface area (Å²) in [5.41, 5.74) is 1.09. The van der Waals surface area contributed by atoms with Crippen molar-refractivity contribution in [1.29, 1.82) is 0 Å². The zero-order chi connectivity index (χ0) is 11.8. The van der Waals surface area contributed by atoms with Crippen molar-refractivity contribution in [3.63, 3.8) is 0 Å². The van der Waals surface area contributed by atoms with Crippen LogP contribution in [0.5, 0.6) is 0 Å². The Labute approximate surface area is 110 Å². The predicted octanol–water partition coefficient (Wildman–Crippen LogP) is 3.65. The number of nitrogens with zero attached hydrogens (tertiary/aromatic N) is 1. The third kappa shape index (κ3) is 4.92. The van der Waals surface area contributed by atoms with Crippen LogP contribution < -0.4 is 0 Å². The van der Waals surface area contributed by atoms with E-state index < -0.39 is 0 Å². The van der Waals surface area contributed by atoms with Crippen LogP contribution in [-0.2, 0) is 0 Å². The van der Waals surface area contributed by atoms with E-state index in [9.17, 15) is 10.1 Å². The Balaban J connectivity index is 2.60. The predicted molar refractivity (Wildman–Crippen MR) is 73.8 cm³/mol. The standard InChI is InChI=1S/C12H16INO2/c13-9-5-4-8-12(10-14(15)16)11-6-2-1-3-7-11/h1-3,6-7,12H,4-5,8-10H2. The fraction of sp³-hybridized carbons (Fsp3) is 0.500. The maximum Gasteiger partial charge on any atom is 0.210 e. The summed E-state index contributed by atoms with van der Waals surface area (Å²) in [6.07, 6.45) is 3.12. The highest BCUT2D eigenvalue weighted by molar-refractivity contribution is 14.1. The highest BCUT2D eigenvalue weighted by atomic mass is 127. The minimum Gasteiger partial charge on any atom is -0.265 e. The number of alkyl halides is 1. The molecule has 16 heavy (non-hydrogen) atoms. The smallest absolute Gasteiger partial charge is 0.210 e. The molecule has 0 aromatic heterocycles. The minimum absolute atomic E-state index is 0.0469. The van der Waals surface area contributed by atoms with Crippen LogP contribution in [0.25, 0.3) is 0 Å². The lowest BCUT2D eigenvalue weighted by atomic mass is 9.94. The number of halogens is 1. The molecule has 0 bridgehead atoms. The van der Waals surface area contributed by atoms with Gasteiger partial charge in [-0.2, -0.15) is 0 Å². The van der Waals surface area contributed by atoms with Crippen LogP contribution in [0.4, 0.5) is 0 Å². The highest BCUT2D eigenvalue weighted by Gasteiger charge is 2.16. The largest absolute Gasteiger partial charge is 0.265 e. The van der Waals surface area contributed by atoms with Crippen LogP contribution >= 0.6 is 22.6 Å². The van der Waals surface area contributed by atoms with Gasteiger partial charge in [0.1, 0.15) is 0 Å². The molecule has 0 N–H and O–H groups in total. The Morgan fingerprint density at radius 1 is 1.25 bits per heavy atom. The molecule has 0 radical (unpaired) electrons. The lowest BCUT2D eigenvalue weighted by Gasteiger charge is -2.12. The van der Waals surface area contributed by atoms with E-state index in [1.165, 1.54) is 0 Å². The Bertz CT molecular complexity index is 316. The second-order valence-corrected chi connectivity index (χ2v) is 4.89. The second-order valence-electron chi connectivity index (χ2n) is 3.81. The van der Waals surface area contributed by atoms with Crippen molar-refractivity contribution in [2.24, 2.45) is 0 Å². The van der Waals surface area contributed by atoms with Crippen LogP contribution in [0.1, 0.15) is 30.7 Å². The lowest BCUT2D eigenvalue weighted by Crippen LogP contribution is -2.12. The average Bonchev–Trinajstić information content (AvgIpc) is 2.29. The van der Waals surface area contributed by atoms with Gasteiger partial charge in [0.15, 0.2) is 0 Å². The first-order valence-corrected chi connectivity index (χ1v) is 6.99. The third-order valence-electron chi connectivity index (χ3n) is 2.58. The summed E-state index contributed by atoms with van der Waals surface area (Å²) >= 11 is 2.34. The van der Waals surface area contributed by atoms with E-state index in [2.05, 4.69) is 22.6 Å². The molecule has 0 aliphatic carbocycles. The maximum atomic E-state index is 10.6. The van der Waals surface area contributed by atoms with E-state index in [0.717, 1.165) is 29.3 Å². The molecular weight excluding hydrogens is 317 g/mol. The summed E-state index contributed by atoms with van der Waals surface area (Å²) < 4.78 is 1.12. The fourth-order valence-corrected chi connectivity index (χ4v) is 2.29. The molecule has 1 aromatic carbocycles. The molecule has 1 atom stereocenters. The van der Waals surface area contributed by atoms with Crippen LogP contribution in [0.3, 0.4) is 0 Å². The van der Waals surface area contributed by atoms with Gasteiger partial charge in [-0.1, -0.05) is 59.3 Å². The normalized spacial score (nSPS) is 12.3. The molecular formula is C12H16INO2. The van der Waals surface area contributed by atoms with Gasteiger partial charge >= 0.3 is 0 Å². The quantitative estimate of drug-likeness (QED) is 0.251. The number of benzene rings is 1. The molecule has 1 unspecified atom stereocenters. The zero-order valence-corrected chi connectivity index (χ0v) is 11.3. The monoisotopic (exact) mass is 333 g/mol. The number of rotatable bonds is 7. The number of nitro groups is 1. The maximum absolute atomic E-state index is 10.6. The highest BCUT2D eigenvalue weighted by Crippen LogP contribution is 2.22. The molecule has 0 aliphatic heterocycles. The molecule has 0 amide bonds. The third-order valence-corrected chi connectivity index (χ3v) is 3.34. The van der Waals surface area contributed by atoms with Crippen molar-refractivity contribution in [2.75, 3.05) is 11.0 Å². The molecule has 4 heteroatoms. The average molecular weight is 333 g/mol. The van der Waals surface area contributed by atoms with E-state index in [4.69, 9.17) is 0 Å². The van der Waals surface area contributed by atoms with Gasteiger partial charge < -0.3 is 0 Å². The molecule has 0 aliphatic rings. The van der Waals surface area contributed by atoms with Gasteiger partial charge in [0, 0.05) is 10.8 Å². The first-order valence-electron chi connectivity index (χ1n) is 5.46. The SMILES string of the molecule is O=[N+]([O-])CC(CCCCI)c1ccccc1. The summed E-state index contributed by atoms with van der Waals surface area (Å²) in [6, 6.07) is 9.80. The van der Waals surface area contributed by atoms with Crippen molar-refractivity contribution in [2.45, 2.75) is 25.2 Å².